The number of aromatic amines is 1. The van der Waals surface area contributed by atoms with Crippen molar-refractivity contribution < 1.29 is 13.9 Å². The lowest BCUT2D eigenvalue weighted by atomic mass is 10.1. The Morgan fingerprint density at radius 1 is 1.34 bits per heavy atom. The van der Waals surface area contributed by atoms with E-state index in [4.69, 9.17) is 0 Å². The summed E-state index contributed by atoms with van der Waals surface area (Å²) < 4.78 is 19.5. The molecule has 1 atom stereocenters. The smallest absolute Gasteiger partial charge is 0.407 e. The van der Waals surface area contributed by atoms with Gasteiger partial charge in [0, 0.05) is 17.9 Å². The molecule has 0 saturated carbocycles. The minimum atomic E-state index is -0.461. The molecular weight excluding hydrogens is 441 g/mol. The van der Waals surface area contributed by atoms with Crippen LogP contribution in [0.2, 0.25) is 0 Å². The van der Waals surface area contributed by atoms with Gasteiger partial charge in [0.1, 0.15) is 21.9 Å². The molecule has 29 heavy (non-hydrogen) atoms. The first kappa shape index (κ1) is 20.9. The average Bonchev–Trinajstić information content (AvgIpc) is 3.08. The fourth-order valence-corrected chi connectivity index (χ4v) is 3.24. The van der Waals surface area contributed by atoms with Crippen molar-refractivity contribution in [2.24, 2.45) is 0 Å². The minimum Gasteiger partial charge on any atom is -0.453 e. The van der Waals surface area contributed by atoms with Crippen LogP contribution in [0.5, 0.6) is 0 Å². The van der Waals surface area contributed by atoms with Crippen LogP contribution >= 0.6 is 15.9 Å². The molecule has 7 nitrogen and oxygen atoms in total. The van der Waals surface area contributed by atoms with Crippen molar-refractivity contribution in [2.45, 2.75) is 32.7 Å². The van der Waals surface area contributed by atoms with Gasteiger partial charge < -0.3 is 15.0 Å². The number of aryl methyl sites for hydroxylation is 2. The van der Waals surface area contributed by atoms with E-state index in [0.29, 0.717) is 40.4 Å². The van der Waals surface area contributed by atoms with E-state index in [1.807, 2.05) is 26.0 Å². The largest absolute Gasteiger partial charge is 0.453 e. The van der Waals surface area contributed by atoms with Gasteiger partial charge in [0.05, 0.1) is 12.7 Å². The number of methoxy groups -OCH3 is 1. The Kier molecular flexibility index (Phi) is 6.58. The number of nitrogens with one attached hydrogen (secondary N) is 2. The molecule has 2 aromatic heterocycles. The highest BCUT2D eigenvalue weighted by molar-refractivity contribution is 9.10. The highest BCUT2D eigenvalue weighted by Crippen LogP contribution is 2.29. The maximum absolute atomic E-state index is 14.3. The zero-order valence-electron chi connectivity index (χ0n) is 16.3. The van der Waals surface area contributed by atoms with Crippen molar-refractivity contribution in [3.8, 4) is 22.9 Å². The highest BCUT2D eigenvalue weighted by Gasteiger charge is 2.17. The van der Waals surface area contributed by atoms with Crippen molar-refractivity contribution >= 4 is 22.0 Å². The Morgan fingerprint density at radius 3 is 2.86 bits per heavy atom. The van der Waals surface area contributed by atoms with Gasteiger partial charge in [-0.05, 0) is 66.4 Å². The lowest BCUT2D eigenvalue weighted by Crippen LogP contribution is -2.32. The van der Waals surface area contributed by atoms with Crippen LogP contribution in [0.3, 0.4) is 0 Å². The summed E-state index contributed by atoms with van der Waals surface area (Å²) in [4.78, 5) is 27.7. The van der Waals surface area contributed by atoms with Crippen molar-refractivity contribution in [3.63, 3.8) is 0 Å². The van der Waals surface area contributed by atoms with Crippen molar-refractivity contribution in [1.29, 1.82) is 0 Å². The summed E-state index contributed by atoms with van der Waals surface area (Å²) >= 11 is 3.43. The maximum Gasteiger partial charge on any atom is 0.407 e. The van der Waals surface area contributed by atoms with Gasteiger partial charge in [-0.2, -0.15) is 0 Å². The highest BCUT2D eigenvalue weighted by atomic mass is 79.9. The van der Waals surface area contributed by atoms with Gasteiger partial charge in [0.25, 0.3) is 0 Å². The molecule has 0 aliphatic heterocycles. The molecule has 9 heteroatoms. The summed E-state index contributed by atoms with van der Waals surface area (Å²) in [5, 5.41) is 2.72. The van der Waals surface area contributed by atoms with Crippen LogP contribution in [0.25, 0.3) is 22.9 Å². The number of halogens is 2. The van der Waals surface area contributed by atoms with Gasteiger partial charge in [0.2, 0.25) is 0 Å². The second kappa shape index (κ2) is 9.13. The number of imidazole rings is 1. The van der Waals surface area contributed by atoms with E-state index in [1.54, 1.807) is 12.3 Å². The van der Waals surface area contributed by atoms with Gasteiger partial charge in [-0.1, -0.05) is 6.07 Å². The molecule has 0 aliphatic rings. The first-order valence-electron chi connectivity index (χ1n) is 9.06. The number of nitrogens with zero attached hydrogens (tertiary/aromatic N) is 3. The summed E-state index contributed by atoms with van der Waals surface area (Å²) in [6.45, 7) is 3.73. The number of alkyl carbamates (subject to hydrolysis) is 1. The molecule has 1 aromatic carbocycles. The predicted molar refractivity (Wildman–Crippen MR) is 111 cm³/mol. The predicted octanol–water partition coefficient (Wildman–Crippen LogP) is 4.42. The lowest BCUT2D eigenvalue weighted by molar-refractivity contribution is 0.167. The summed E-state index contributed by atoms with van der Waals surface area (Å²) in [7, 11) is 1.33. The average molecular weight is 462 g/mol. The number of amides is 1. The molecular formula is C20H21BrFN5O2. The van der Waals surface area contributed by atoms with E-state index in [0.717, 1.165) is 11.3 Å². The Labute approximate surface area is 176 Å². The standard InChI is InChI=1S/C20H21BrFN5O2/c1-11-4-7-14(15(22)10-11)18-26-16(17(21)27-18)19-23-9-8-13(25-19)6-5-12(2)24-20(28)29-3/h4,7-10,12H,5-6H2,1-3H3,(H,24,28)(H,26,27)/t12-/m0/s1. The molecule has 0 spiro atoms. The number of H-pyrrole nitrogens is 1. The van der Waals surface area contributed by atoms with Gasteiger partial charge >= 0.3 is 6.09 Å². The van der Waals surface area contributed by atoms with Crippen molar-refractivity contribution in [2.75, 3.05) is 7.11 Å². The number of benzene rings is 1. The molecule has 0 saturated heterocycles. The van der Waals surface area contributed by atoms with E-state index in [2.05, 4.69) is 45.9 Å². The zero-order chi connectivity index (χ0) is 21.0. The Morgan fingerprint density at radius 2 is 2.14 bits per heavy atom. The Bertz CT molecular complexity index is 1020. The molecule has 0 fully saturated rings. The van der Waals surface area contributed by atoms with Crippen LogP contribution in [-0.4, -0.2) is 39.2 Å². The summed E-state index contributed by atoms with van der Waals surface area (Å²) in [6.07, 6.45) is 2.52. The first-order valence-corrected chi connectivity index (χ1v) is 9.85. The van der Waals surface area contributed by atoms with Gasteiger partial charge in [0.15, 0.2) is 5.82 Å². The van der Waals surface area contributed by atoms with Crippen molar-refractivity contribution in [1.82, 2.24) is 25.3 Å². The fraction of sp³-hybridized carbons (Fsp3) is 0.300. The number of ether oxygens (including phenoxy) is 1. The summed E-state index contributed by atoms with van der Waals surface area (Å²) in [5.41, 5.74) is 2.53. The van der Waals surface area contributed by atoms with Crippen LogP contribution in [0.1, 0.15) is 24.6 Å². The Hall–Kier alpha value is -2.81. The van der Waals surface area contributed by atoms with Crippen LogP contribution in [0, 0.1) is 12.7 Å². The second-order valence-electron chi connectivity index (χ2n) is 6.68. The first-order chi connectivity index (χ1) is 13.9. The van der Waals surface area contributed by atoms with E-state index >= 15 is 0 Å². The zero-order valence-corrected chi connectivity index (χ0v) is 17.9. The fourth-order valence-electron chi connectivity index (χ4n) is 2.79. The number of rotatable bonds is 6. The topological polar surface area (TPSA) is 92.8 Å². The number of carbonyl (C=O) groups excluding carboxylic acids is 1. The van der Waals surface area contributed by atoms with E-state index in [1.165, 1.54) is 13.2 Å². The van der Waals surface area contributed by atoms with Crippen molar-refractivity contribution in [3.05, 3.63) is 52.1 Å². The number of aromatic nitrogens is 4. The van der Waals surface area contributed by atoms with Gasteiger partial charge in [-0.25, -0.2) is 24.1 Å². The van der Waals surface area contributed by atoms with Crippen LogP contribution in [-0.2, 0) is 11.2 Å². The third-order valence-electron chi connectivity index (χ3n) is 4.35. The third kappa shape index (κ3) is 5.17. The van der Waals surface area contributed by atoms with Crippen LogP contribution in [0.4, 0.5) is 9.18 Å². The Balaban J connectivity index is 1.78. The van der Waals surface area contributed by atoms with Crippen LogP contribution < -0.4 is 5.32 Å². The lowest BCUT2D eigenvalue weighted by Gasteiger charge is -2.12. The van der Waals surface area contributed by atoms with Gasteiger partial charge in [-0.3, -0.25) is 0 Å². The molecule has 2 heterocycles. The van der Waals surface area contributed by atoms with E-state index in [9.17, 15) is 9.18 Å². The molecule has 3 aromatic rings. The number of hydrogen-bond acceptors (Lipinski definition) is 5. The quantitative estimate of drug-likeness (QED) is 0.566. The summed E-state index contributed by atoms with van der Waals surface area (Å²) in [5.74, 6) is 0.479. The normalized spacial score (nSPS) is 11.9. The van der Waals surface area contributed by atoms with Crippen LogP contribution in [0.15, 0.2) is 35.1 Å². The number of carbonyl (C=O) groups is 1. The molecule has 0 aliphatic carbocycles. The molecule has 0 radical (unpaired) electrons. The monoisotopic (exact) mass is 461 g/mol. The summed E-state index contributed by atoms with van der Waals surface area (Å²) in [6, 6.07) is 6.73. The molecule has 0 bridgehead atoms. The second-order valence-corrected chi connectivity index (χ2v) is 7.47. The number of hydrogen-bond donors (Lipinski definition) is 2. The van der Waals surface area contributed by atoms with E-state index < -0.39 is 6.09 Å². The maximum atomic E-state index is 14.3. The van der Waals surface area contributed by atoms with Gasteiger partial charge in [-0.15, -0.1) is 0 Å². The molecule has 0 unspecified atom stereocenters. The molecule has 2 N–H and O–H groups in total. The third-order valence-corrected chi connectivity index (χ3v) is 4.92. The SMILES string of the molecule is COC(=O)N[C@@H](C)CCc1ccnc(-c2nc(-c3ccc(C)cc3F)[nH]c2Br)n1. The molecule has 152 valence electrons. The molecule has 1 amide bonds. The minimum absolute atomic E-state index is 0.0610. The van der Waals surface area contributed by atoms with E-state index in [-0.39, 0.29) is 11.9 Å². The molecule has 3 rings (SSSR count).